The van der Waals surface area contributed by atoms with E-state index in [9.17, 15) is 8.42 Å². The number of nitrogens with one attached hydrogen (secondary N) is 1. The van der Waals surface area contributed by atoms with Gasteiger partial charge >= 0.3 is 0 Å². The molecule has 0 aliphatic rings. The third kappa shape index (κ3) is 4.16. The van der Waals surface area contributed by atoms with Crippen molar-refractivity contribution in [2.45, 2.75) is 31.7 Å². The Kier molecular flexibility index (Phi) is 6.12. The van der Waals surface area contributed by atoms with Crippen molar-refractivity contribution in [1.82, 2.24) is 9.29 Å². The molecule has 2 aromatic rings. The summed E-state index contributed by atoms with van der Waals surface area (Å²) in [5.74, 6) is 0.511. The summed E-state index contributed by atoms with van der Waals surface area (Å²) in [5, 5.41) is 12.3. The van der Waals surface area contributed by atoms with Gasteiger partial charge in [-0.1, -0.05) is 26.0 Å². The summed E-state index contributed by atoms with van der Waals surface area (Å²) in [6.07, 6.45) is 1.62. The number of aromatic nitrogens is 1. The van der Waals surface area contributed by atoms with Gasteiger partial charge in [-0.05, 0) is 36.8 Å². The summed E-state index contributed by atoms with van der Waals surface area (Å²) in [6.45, 7) is 6.45. The van der Waals surface area contributed by atoms with Crippen LogP contribution < -0.4 is 5.32 Å². The Morgan fingerprint density at radius 1 is 1.20 bits per heavy atom. The zero-order chi connectivity index (χ0) is 18.4. The van der Waals surface area contributed by atoms with Crippen LogP contribution in [0.2, 0.25) is 0 Å². The maximum Gasteiger partial charge on any atom is 0.243 e. The van der Waals surface area contributed by atoms with Gasteiger partial charge in [0.1, 0.15) is 11.9 Å². The molecule has 0 aliphatic heterocycles. The molecule has 1 unspecified atom stereocenters. The molecule has 132 valence electrons. The number of pyridine rings is 1. The Hall–Kier alpha value is -2.43. The van der Waals surface area contributed by atoms with Crippen LogP contribution >= 0.6 is 0 Å². The van der Waals surface area contributed by atoms with Crippen LogP contribution in [0.1, 0.15) is 37.9 Å². The third-order valence-electron chi connectivity index (χ3n) is 4.00. The van der Waals surface area contributed by atoms with Crippen molar-refractivity contribution in [3.8, 4) is 6.07 Å². The van der Waals surface area contributed by atoms with E-state index in [-0.39, 0.29) is 10.9 Å². The van der Waals surface area contributed by atoms with E-state index in [2.05, 4.69) is 16.4 Å². The molecule has 0 saturated carbocycles. The van der Waals surface area contributed by atoms with Crippen LogP contribution in [-0.4, -0.2) is 30.8 Å². The molecule has 0 saturated heterocycles. The summed E-state index contributed by atoms with van der Waals surface area (Å²) in [6, 6.07) is 12.2. The van der Waals surface area contributed by atoms with Gasteiger partial charge in [-0.3, -0.25) is 0 Å². The highest BCUT2D eigenvalue weighted by Crippen LogP contribution is 2.23. The van der Waals surface area contributed by atoms with Crippen LogP contribution in [0.4, 0.5) is 5.82 Å². The minimum atomic E-state index is -3.46. The lowest BCUT2D eigenvalue weighted by Crippen LogP contribution is -2.30. The summed E-state index contributed by atoms with van der Waals surface area (Å²) >= 11 is 0. The average molecular weight is 358 g/mol. The third-order valence-corrected chi connectivity index (χ3v) is 6.07. The molecule has 25 heavy (non-hydrogen) atoms. The minimum Gasteiger partial charge on any atom is -0.362 e. The van der Waals surface area contributed by atoms with Gasteiger partial charge in [-0.2, -0.15) is 9.57 Å². The minimum absolute atomic E-state index is 0.118. The maximum absolute atomic E-state index is 12.5. The van der Waals surface area contributed by atoms with Crippen molar-refractivity contribution in [2.75, 3.05) is 18.4 Å². The predicted octanol–water partition coefficient (Wildman–Crippen LogP) is 3.16. The lowest BCUT2D eigenvalue weighted by molar-refractivity contribution is 0.445. The van der Waals surface area contributed by atoms with Crippen LogP contribution in [0.15, 0.2) is 47.5 Å². The molecule has 6 nitrogen and oxygen atoms in total. The van der Waals surface area contributed by atoms with E-state index in [0.29, 0.717) is 24.5 Å². The van der Waals surface area contributed by atoms with Gasteiger partial charge in [0.2, 0.25) is 10.0 Å². The van der Waals surface area contributed by atoms with Gasteiger partial charge in [-0.25, -0.2) is 13.4 Å². The zero-order valence-corrected chi connectivity index (χ0v) is 15.4. The number of benzene rings is 1. The number of hydrogen-bond acceptors (Lipinski definition) is 5. The van der Waals surface area contributed by atoms with E-state index in [4.69, 9.17) is 5.26 Å². The van der Waals surface area contributed by atoms with Crippen molar-refractivity contribution in [2.24, 2.45) is 0 Å². The topological polar surface area (TPSA) is 86.1 Å². The quantitative estimate of drug-likeness (QED) is 0.821. The molecule has 0 fully saturated rings. The first-order valence-corrected chi connectivity index (χ1v) is 9.59. The van der Waals surface area contributed by atoms with E-state index < -0.39 is 10.0 Å². The molecule has 0 radical (unpaired) electrons. The fourth-order valence-electron chi connectivity index (χ4n) is 2.54. The molecular formula is C18H22N4O2S. The van der Waals surface area contributed by atoms with Crippen LogP contribution in [0.5, 0.6) is 0 Å². The van der Waals surface area contributed by atoms with Crippen molar-refractivity contribution < 1.29 is 8.42 Å². The summed E-state index contributed by atoms with van der Waals surface area (Å²) in [7, 11) is -3.46. The highest BCUT2D eigenvalue weighted by atomic mass is 32.2. The normalized spacial score (nSPS) is 12.6. The fraction of sp³-hybridized carbons (Fsp3) is 0.333. The standard InChI is InChI=1S/C18H22N4O2S/c1-4-22(5-2)25(23,24)17-10-8-15(9-11-17)14(3)21-18-16(13-19)7-6-12-20-18/h6-12,14H,4-5H2,1-3H3,(H,20,21). The van der Waals surface area contributed by atoms with Crippen LogP contribution in [0, 0.1) is 11.3 Å². The number of anilines is 1. The van der Waals surface area contributed by atoms with Crippen LogP contribution in [0.3, 0.4) is 0 Å². The summed E-state index contributed by atoms with van der Waals surface area (Å²) < 4.78 is 26.5. The van der Waals surface area contributed by atoms with Gasteiger partial charge in [0.25, 0.3) is 0 Å². The molecule has 1 atom stereocenters. The van der Waals surface area contributed by atoms with E-state index >= 15 is 0 Å². The zero-order valence-electron chi connectivity index (χ0n) is 14.6. The number of nitriles is 1. The first-order chi connectivity index (χ1) is 11.9. The molecule has 1 N–H and O–H groups in total. The Morgan fingerprint density at radius 3 is 2.40 bits per heavy atom. The molecular weight excluding hydrogens is 336 g/mol. The van der Waals surface area contributed by atoms with Crippen molar-refractivity contribution in [1.29, 1.82) is 5.26 Å². The van der Waals surface area contributed by atoms with Crippen LogP contribution in [0.25, 0.3) is 0 Å². The molecule has 1 heterocycles. The van der Waals surface area contributed by atoms with Gasteiger partial charge < -0.3 is 5.32 Å². The molecule has 7 heteroatoms. The molecule has 0 bridgehead atoms. The highest BCUT2D eigenvalue weighted by Gasteiger charge is 2.21. The molecule has 2 rings (SSSR count). The average Bonchev–Trinajstić information content (AvgIpc) is 2.63. The fourth-order valence-corrected chi connectivity index (χ4v) is 4.00. The predicted molar refractivity (Wildman–Crippen MR) is 97.5 cm³/mol. The second-order valence-corrected chi connectivity index (χ2v) is 7.47. The van der Waals surface area contributed by atoms with Crippen molar-refractivity contribution >= 4 is 15.8 Å². The van der Waals surface area contributed by atoms with E-state index in [1.807, 2.05) is 20.8 Å². The number of hydrogen-bond donors (Lipinski definition) is 1. The monoisotopic (exact) mass is 358 g/mol. The summed E-state index contributed by atoms with van der Waals surface area (Å²) in [5.41, 5.74) is 1.38. The molecule has 0 amide bonds. The Labute approximate surface area is 149 Å². The largest absolute Gasteiger partial charge is 0.362 e. The van der Waals surface area contributed by atoms with Gasteiger partial charge in [0, 0.05) is 25.3 Å². The number of nitrogens with zero attached hydrogens (tertiary/aromatic N) is 3. The van der Waals surface area contributed by atoms with Crippen LogP contribution in [-0.2, 0) is 10.0 Å². The van der Waals surface area contributed by atoms with Crippen molar-refractivity contribution in [3.63, 3.8) is 0 Å². The smallest absolute Gasteiger partial charge is 0.243 e. The highest BCUT2D eigenvalue weighted by molar-refractivity contribution is 7.89. The maximum atomic E-state index is 12.5. The Bertz CT molecular complexity index is 853. The van der Waals surface area contributed by atoms with Crippen molar-refractivity contribution in [3.05, 3.63) is 53.7 Å². The lowest BCUT2D eigenvalue weighted by Gasteiger charge is -2.19. The van der Waals surface area contributed by atoms with E-state index in [1.54, 1.807) is 42.6 Å². The second-order valence-electron chi connectivity index (χ2n) is 5.54. The lowest BCUT2D eigenvalue weighted by atomic mass is 10.1. The SMILES string of the molecule is CCN(CC)S(=O)(=O)c1ccc(C(C)Nc2ncccc2C#N)cc1. The first kappa shape index (κ1) is 18.9. The van der Waals surface area contributed by atoms with E-state index in [1.165, 1.54) is 4.31 Å². The Morgan fingerprint density at radius 2 is 1.84 bits per heavy atom. The van der Waals surface area contributed by atoms with Gasteiger partial charge in [0.15, 0.2) is 0 Å². The first-order valence-electron chi connectivity index (χ1n) is 8.15. The molecule has 1 aromatic carbocycles. The molecule has 0 spiro atoms. The molecule has 0 aliphatic carbocycles. The summed E-state index contributed by atoms with van der Waals surface area (Å²) in [4.78, 5) is 4.46. The number of rotatable bonds is 7. The van der Waals surface area contributed by atoms with Gasteiger partial charge in [-0.15, -0.1) is 0 Å². The molecule has 1 aromatic heterocycles. The van der Waals surface area contributed by atoms with Gasteiger partial charge in [0.05, 0.1) is 10.5 Å². The Balaban J connectivity index is 2.21. The number of sulfonamides is 1. The van der Waals surface area contributed by atoms with E-state index in [0.717, 1.165) is 5.56 Å². The second kappa shape index (κ2) is 8.10.